The Morgan fingerprint density at radius 2 is 2.05 bits per heavy atom. The Hall–Kier alpha value is -1.10. The van der Waals surface area contributed by atoms with Crippen LogP contribution in [0.3, 0.4) is 0 Å². The number of likely N-dealkylation sites (tertiary alicyclic amines) is 1. The average molecular weight is 297 g/mol. The van der Waals surface area contributed by atoms with Crippen molar-refractivity contribution in [2.45, 2.75) is 38.3 Å². The molecule has 1 aromatic rings. The van der Waals surface area contributed by atoms with Gasteiger partial charge in [0.2, 0.25) is 0 Å². The van der Waals surface area contributed by atoms with Crippen molar-refractivity contribution in [3.63, 3.8) is 0 Å². The first-order valence-electron chi connectivity index (χ1n) is 7.04. The molecule has 20 heavy (non-hydrogen) atoms. The third-order valence-corrected chi connectivity index (χ3v) is 4.08. The molecule has 1 unspecified atom stereocenters. The Balaban J connectivity index is 1.99. The Labute approximate surface area is 124 Å². The number of hydrogen-bond acceptors (Lipinski definition) is 3. The summed E-state index contributed by atoms with van der Waals surface area (Å²) in [6.07, 6.45) is 4.13. The van der Waals surface area contributed by atoms with Crippen molar-refractivity contribution in [2.24, 2.45) is 5.73 Å². The van der Waals surface area contributed by atoms with E-state index in [4.69, 9.17) is 22.4 Å². The average Bonchev–Trinajstić information content (AvgIpc) is 2.43. The van der Waals surface area contributed by atoms with Crippen molar-refractivity contribution in [3.05, 3.63) is 34.3 Å². The third-order valence-electron chi connectivity index (χ3n) is 3.73. The maximum absolute atomic E-state index is 10.8. The SMILES string of the molecule is NC(Cc1ccc(CN2CCCCC2)c(Cl)c1)C(=O)O. The second kappa shape index (κ2) is 7.07. The van der Waals surface area contributed by atoms with E-state index in [0.29, 0.717) is 11.4 Å². The van der Waals surface area contributed by atoms with Crippen LogP contribution in [0.25, 0.3) is 0 Å². The summed E-state index contributed by atoms with van der Waals surface area (Å²) in [6, 6.07) is 4.87. The summed E-state index contributed by atoms with van der Waals surface area (Å²) in [7, 11) is 0. The van der Waals surface area contributed by atoms with Gasteiger partial charge in [0, 0.05) is 11.6 Å². The van der Waals surface area contributed by atoms with Crippen LogP contribution in [0.1, 0.15) is 30.4 Å². The number of rotatable bonds is 5. The van der Waals surface area contributed by atoms with E-state index in [0.717, 1.165) is 30.8 Å². The molecule has 0 bridgehead atoms. The molecule has 1 aliphatic rings. The molecule has 5 heteroatoms. The molecule has 1 aliphatic heterocycles. The van der Waals surface area contributed by atoms with Crippen LogP contribution in [0, 0.1) is 0 Å². The molecule has 0 radical (unpaired) electrons. The van der Waals surface area contributed by atoms with Gasteiger partial charge >= 0.3 is 5.97 Å². The van der Waals surface area contributed by atoms with E-state index >= 15 is 0 Å². The van der Waals surface area contributed by atoms with Crippen molar-refractivity contribution < 1.29 is 9.90 Å². The molecular formula is C15H21ClN2O2. The number of benzene rings is 1. The van der Waals surface area contributed by atoms with Gasteiger partial charge in [0.05, 0.1) is 0 Å². The van der Waals surface area contributed by atoms with E-state index < -0.39 is 12.0 Å². The number of nitrogens with zero attached hydrogens (tertiary/aromatic N) is 1. The Bertz CT molecular complexity index is 473. The van der Waals surface area contributed by atoms with E-state index in [2.05, 4.69) is 4.90 Å². The number of aliphatic carboxylic acids is 1. The molecule has 1 heterocycles. The van der Waals surface area contributed by atoms with Crippen LogP contribution >= 0.6 is 11.6 Å². The molecule has 1 saturated heterocycles. The number of carboxylic acids is 1. The van der Waals surface area contributed by atoms with Gasteiger partial charge < -0.3 is 10.8 Å². The Morgan fingerprint density at radius 3 is 2.65 bits per heavy atom. The monoisotopic (exact) mass is 296 g/mol. The lowest BCUT2D eigenvalue weighted by atomic mass is 10.0. The molecule has 0 amide bonds. The highest BCUT2D eigenvalue weighted by molar-refractivity contribution is 6.31. The standard InChI is InChI=1S/C15H21ClN2O2/c16-13-8-11(9-14(17)15(19)20)4-5-12(13)10-18-6-2-1-3-7-18/h4-5,8,14H,1-3,6-7,9-10,17H2,(H,19,20). The van der Waals surface area contributed by atoms with Crippen molar-refractivity contribution in [2.75, 3.05) is 13.1 Å². The normalized spacial score (nSPS) is 17.9. The van der Waals surface area contributed by atoms with E-state index in [9.17, 15) is 4.79 Å². The first kappa shape index (κ1) is 15.3. The van der Waals surface area contributed by atoms with Gasteiger partial charge in [0.1, 0.15) is 6.04 Å². The smallest absolute Gasteiger partial charge is 0.320 e. The van der Waals surface area contributed by atoms with E-state index in [1.165, 1.54) is 19.3 Å². The first-order valence-corrected chi connectivity index (χ1v) is 7.42. The van der Waals surface area contributed by atoms with Gasteiger partial charge in [-0.25, -0.2) is 0 Å². The molecule has 3 N–H and O–H groups in total. The van der Waals surface area contributed by atoms with Gasteiger partial charge in [0.15, 0.2) is 0 Å². The van der Waals surface area contributed by atoms with Gasteiger partial charge in [-0.15, -0.1) is 0 Å². The zero-order valence-corrected chi connectivity index (χ0v) is 12.3. The maximum atomic E-state index is 10.8. The predicted octanol–water partition coefficient (Wildman–Crippen LogP) is 2.28. The molecule has 4 nitrogen and oxygen atoms in total. The van der Waals surface area contributed by atoms with Crippen molar-refractivity contribution >= 4 is 17.6 Å². The number of carboxylic acid groups (broad SMARTS) is 1. The minimum Gasteiger partial charge on any atom is -0.480 e. The lowest BCUT2D eigenvalue weighted by molar-refractivity contribution is -0.138. The summed E-state index contributed by atoms with van der Waals surface area (Å²) in [5, 5.41) is 9.52. The quantitative estimate of drug-likeness (QED) is 0.875. The molecule has 1 atom stereocenters. The van der Waals surface area contributed by atoms with Gasteiger partial charge in [-0.05, 0) is 49.5 Å². The van der Waals surface area contributed by atoms with Crippen LogP contribution in [0.2, 0.25) is 5.02 Å². The van der Waals surface area contributed by atoms with Gasteiger partial charge in [-0.2, -0.15) is 0 Å². The van der Waals surface area contributed by atoms with E-state index in [-0.39, 0.29) is 0 Å². The Morgan fingerprint density at radius 1 is 1.35 bits per heavy atom. The van der Waals surface area contributed by atoms with Crippen LogP contribution in [0.5, 0.6) is 0 Å². The Kier molecular flexibility index (Phi) is 5.40. The molecule has 110 valence electrons. The second-order valence-corrected chi connectivity index (χ2v) is 5.82. The summed E-state index contributed by atoms with van der Waals surface area (Å²) in [4.78, 5) is 13.2. The number of nitrogens with two attached hydrogens (primary N) is 1. The maximum Gasteiger partial charge on any atom is 0.320 e. The van der Waals surface area contributed by atoms with Crippen LogP contribution in [-0.2, 0) is 17.8 Å². The van der Waals surface area contributed by atoms with Crippen molar-refractivity contribution in [1.29, 1.82) is 0 Å². The van der Waals surface area contributed by atoms with Crippen molar-refractivity contribution in [3.8, 4) is 0 Å². The first-order chi connectivity index (χ1) is 9.56. The minimum atomic E-state index is -0.987. The highest BCUT2D eigenvalue weighted by Gasteiger charge is 2.15. The molecule has 1 fully saturated rings. The van der Waals surface area contributed by atoms with Crippen molar-refractivity contribution in [1.82, 2.24) is 4.90 Å². The predicted molar refractivity (Wildman–Crippen MR) is 79.9 cm³/mol. The lowest BCUT2D eigenvalue weighted by Gasteiger charge is -2.26. The molecule has 0 spiro atoms. The van der Waals surface area contributed by atoms with Crippen LogP contribution < -0.4 is 5.73 Å². The largest absolute Gasteiger partial charge is 0.480 e. The second-order valence-electron chi connectivity index (χ2n) is 5.41. The minimum absolute atomic E-state index is 0.305. The fourth-order valence-electron chi connectivity index (χ4n) is 2.55. The zero-order chi connectivity index (χ0) is 14.5. The summed E-state index contributed by atoms with van der Waals surface area (Å²) in [5.74, 6) is -0.987. The van der Waals surface area contributed by atoms with Gasteiger partial charge in [-0.1, -0.05) is 30.2 Å². The fraction of sp³-hybridized carbons (Fsp3) is 0.533. The van der Waals surface area contributed by atoms with E-state index in [1.54, 1.807) is 0 Å². The summed E-state index contributed by atoms with van der Waals surface area (Å²) >= 11 is 6.30. The molecule has 2 rings (SSSR count). The number of hydrogen-bond donors (Lipinski definition) is 2. The van der Waals surface area contributed by atoms with Gasteiger partial charge in [0.25, 0.3) is 0 Å². The molecular weight excluding hydrogens is 276 g/mol. The van der Waals surface area contributed by atoms with Crippen LogP contribution in [-0.4, -0.2) is 35.1 Å². The third kappa shape index (κ3) is 4.20. The molecule has 0 aliphatic carbocycles. The summed E-state index contributed by atoms with van der Waals surface area (Å²) in [5.41, 5.74) is 7.50. The number of carbonyl (C=O) groups is 1. The highest BCUT2D eigenvalue weighted by atomic mass is 35.5. The molecule has 0 saturated carbocycles. The highest BCUT2D eigenvalue weighted by Crippen LogP contribution is 2.22. The topological polar surface area (TPSA) is 66.6 Å². The number of piperidine rings is 1. The lowest BCUT2D eigenvalue weighted by Crippen LogP contribution is -2.32. The van der Waals surface area contributed by atoms with Crippen LogP contribution in [0.4, 0.5) is 0 Å². The van der Waals surface area contributed by atoms with Gasteiger partial charge in [-0.3, -0.25) is 9.69 Å². The molecule has 0 aromatic heterocycles. The van der Waals surface area contributed by atoms with Crippen LogP contribution in [0.15, 0.2) is 18.2 Å². The zero-order valence-electron chi connectivity index (χ0n) is 11.5. The van der Waals surface area contributed by atoms with E-state index in [1.807, 2.05) is 18.2 Å². The molecule has 1 aromatic carbocycles. The fourth-order valence-corrected chi connectivity index (χ4v) is 2.81. The number of halogens is 1. The summed E-state index contributed by atoms with van der Waals surface area (Å²) in [6.45, 7) is 3.12. The summed E-state index contributed by atoms with van der Waals surface area (Å²) < 4.78 is 0.